The van der Waals surface area contributed by atoms with Crippen LogP contribution in [-0.2, 0) is 14.2 Å². The van der Waals surface area contributed by atoms with Crippen LogP contribution in [0.25, 0.3) is 0 Å². The molecule has 1 atom stereocenters. The minimum atomic E-state index is -0.505. The minimum absolute atomic E-state index is 0. The summed E-state index contributed by atoms with van der Waals surface area (Å²) >= 11 is 0. The van der Waals surface area contributed by atoms with Crippen molar-refractivity contribution in [1.29, 1.82) is 0 Å². The summed E-state index contributed by atoms with van der Waals surface area (Å²) in [6.07, 6.45) is 0.260. The van der Waals surface area contributed by atoms with Crippen molar-refractivity contribution in [2.75, 3.05) is 21.3 Å². The Bertz CT molecular complexity index is 111. The van der Waals surface area contributed by atoms with Gasteiger partial charge in [-0.25, -0.2) is 0 Å². The molecule has 0 aromatic heterocycles. The van der Waals surface area contributed by atoms with E-state index in [9.17, 15) is 0 Å². The number of ether oxygens (including phenoxy) is 3. The van der Waals surface area contributed by atoms with Crippen molar-refractivity contribution in [2.24, 2.45) is 5.73 Å². The molecule has 0 radical (unpaired) electrons. The van der Waals surface area contributed by atoms with Crippen LogP contribution in [0.3, 0.4) is 0 Å². The molecule has 4 nitrogen and oxygen atoms in total. The highest BCUT2D eigenvalue weighted by molar-refractivity contribution is 6.13. The van der Waals surface area contributed by atoms with Gasteiger partial charge in [0.05, 0.1) is 10.2 Å². The molecule has 0 aromatic rings. The molecule has 6 heteroatoms. The van der Waals surface area contributed by atoms with Crippen LogP contribution >= 0.6 is 0 Å². The van der Waals surface area contributed by atoms with Crippen LogP contribution < -0.4 is 5.73 Å². The fraction of sp³-hybridized carbons (Fsp3) is 1.00. The summed E-state index contributed by atoms with van der Waals surface area (Å²) < 4.78 is 15.2. The van der Waals surface area contributed by atoms with Gasteiger partial charge in [0.25, 0.3) is 0 Å². The molecule has 0 aliphatic rings. The van der Waals surface area contributed by atoms with Crippen molar-refractivity contribution < 1.29 is 14.2 Å². The maximum atomic E-state index is 5.55. The summed E-state index contributed by atoms with van der Waals surface area (Å²) in [5, 5.41) is 0. The van der Waals surface area contributed by atoms with E-state index < -0.39 is 5.41 Å². The molecule has 1 unspecified atom stereocenters. The molecular formula is C6H21NO3Si2. The van der Waals surface area contributed by atoms with Crippen LogP contribution in [0, 0.1) is 0 Å². The lowest BCUT2D eigenvalue weighted by Gasteiger charge is -2.28. The molecule has 0 aliphatic heterocycles. The van der Waals surface area contributed by atoms with E-state index in [-0.39, 0.29) is 17.2 Å². The van der Waals surface area contributed by atoms with Crippen LogP contribution in [0.15, 0.2) is 0 Å². The van der Waals surface area contributed by atoms with Crippen LogP contribution in [-0.4, -0.2) is 54.2 Å². The minimum Gasteiger partial charge on any atom is -0.367 e. The van der Waals surface area contributed by atoms with Crippen LogP contribution in [0.2, 0.25) is 0 Å². The van der Waals surface area contributed by atoms with Gasteiger partial charge in [-0.2, -0.15) is 0 Å². The Labute approximate surface area is 81.2 Å². The smallest absolute Gasteiger partial charge is 0.144 e. The van der Waals surface area contributed by atoms with Crippen LogP contribution in [0.1, 0.15) is 6.42 Å². The summed E-state index contributed by atoms with van der Waals surface area (Å²) in [5.74, 6) is 0. The molecule has 0 spiro atoms. The zero-order valence-corrected chi connectivity index (χ0v) is 9.59. The summed E-state index contributed by atoms with van der Waals surface area (Å²) in [4.78, 5) is 0. The molecule has 0 aliphatic carbocycles. The lowest BCUT2D eigenvalue weighted by atomic mass is 10.3. The van der Waals surface area contributed by atoms with E-state index in [1.54, 1.807) is 21.3 Å². The van der Waals surface area contributed by atoms with E-state index in [0.717, 1.165) is 10.2 Å². The SMILES string of the molecule is COC(N)CC([SiH3])(OC)OC.[SiH4]. The Hall–Kier alpha value is 0.274. The molecule has 0 saturated carbocycles. The first kappa shape index (κ1) is 14.8. The summed E-state index contributed by atoms with van der Waals surface area (Å²) in [5.41, 5.74) is 5.05. The molecule has 0 rings (SSSR count). The summed E-state index contributed by atoms with van der Waals surface area (Å²) in [6.45, 7) is 0. The Kier molecular flexibility index (Phi) is 8.32. The Balaban J connectivity index is 0. The van der Waals surface area contributed by atoms with Crippen LogP contribution in [0.4, 0.5) is 0 Å². The van der Waals surface area contributed by atoms with Crippen molar-refractivity contribution in [2.45, 2.75) is 18.1 Å². The highest BCUT2D eigenvalue weighted by atomic mass is 28.1. The highest BCUT2D eigenvalue weighted by Gasteiger charge is 2.25. The lowest BCUT2D eigenvalue weighted by Crippen LogP contribution is -2.41. The Morgan fingerprint density at radius 2 is 1.75 bits per heavy atom. The highest BCUT2D eigenvalue weighted by Crippen LogP contribution is 2.12. The molecule has 0 fully saturated rings. The van der Waals surface area contributed by atoms with Crippen molar-refractivity contribution in [3.63, 3.8) is 0 Å². The molecule has 0 heterocycles. The van der Waals surface area contributed by atoms with Gasteiger partial charge < -0.3 is 19.9 Å². The topological polar surface area (TPSA) is 53.7 Å². The molecule has 0 saturated heterocycles. The first-order chi connectivity index (χ1) is 5.08. The van der Waals surface area contributed by atoms with Crippen molar-refractivity contribution in [3.05, 3.63) is 0 Å². The van der Waals surface area contributed by atoms with Gasteiger partial charge in [0.1, 0.15) is 11.6 Å². The Morgan fingerprint density at radius 3 is 2.00 bits per heavy atom. The average molecular weight is 211 g/mol. The summed E-state index contributed by atoms with van der Waals surface area (Å²) in [7, 11) is 5.56. The number of hydrogen-bond acceptors (Lipinski definition) is 4. The summed E-state index contributed by atoms with van der Waals surface area (Å²) in [6, 6.07) is 0. The second kappa shape index (κ2) is 6.75. The van der Waals surface area contributed by atoms with Gasteiger partial charge in [0.15, 0.2) is 0 Å². The van der Waals surface area contributed by atoms with Crippen LogP contribution in [0.5, 0.6) is 0 Å². The molecular weight excluding hydrogens is 190 g/mol. The van der Waals surface area contributed by atoms with Gasteiger partial charge in [0.2, 0.25) is 0 Å². The predicted molar refractivity (Wildman–Crippen MR) is 57.6 cm³/mol. The van der Waals surface area contributed by atoms with Crippen molar-refractivity contribution >= 4 is 21.2 Å². The van der Waals surface area contributed by atoms with E-state index >= 15 is 0 Å². The van der Waals surface area contributed by atoms with Crippen molar-refractivity contribution in [3.8, 4) is 0 Å². The quantitative estimate of drug-likeness (QED) is 0.393. The van der Waals surface area contributed by atoms with Gasteiger partial charge >= 0.3 is 0 Å². The standard InChI is InChI=1S/C6H17NO3Si.H4Si/c1-8-5(7)4-6(11,9-2)10-3;/h5H,4,7H2,1-3,11H3;1H4. The Morgan fingerprint density at radius 1 is 1.33 bits per heavy atom. The van der Waals surface area contributed by atoms with E-state index in [4.69, 9.17) is 19.9 Å². The zero-order chi connectivity index (χ0) is 8.91. The lowest BCUT2D eigenvalue weighted by molar-refractivity contribution is -0.162. The fourth-order valence-electron chi connectivity index (χ4n) is 0.699. The monoisotopic (exact) mass is 211 g/mol. The molecule has 0 bridgehead atoms. The fourth-order valence-corrected chi connectivity index (χ4v) is 1.10. The van der Waals surface area contributed by atoms with Gasteiger partial charge in [-0.1, -0.05) is 0 Å². The van der Waals surface area contributed by atoms with Gasteiger partial charge in [0, 0.05) is 27.8 Å². The first-order valence-electron chi connectivity index (χ1n) is 3.46. The third kappa shape index (κ3) is 5.01. The van der Waals surface area contributed by atoms with E-state index in [1.165, 1.54) is 0 Å². The van der Waals surface area contributed by atoms with Gasteiger partial charge in [-0.3, -0.25) is 0 Å². The maximum absolute atomic E-state index is 5.55. The van der Waals surface area contributed by atoms with E-state index in [1.807, 2.05) is 0 Å². The third-order valence-corrected chi connectivity index (χ3v) is 2.96. The number of rotatable bonds is 5. The van der Waals surface area contributed by atoms with Crippen molar-refractivity contribution in [1.82, 2.24) is 0 Å². The molecule has 12 heavy (non-hydrogen) atoms. The number of nitrogens with two attached hydrogens (primary N) is 1. The average Bonchev–Trinajstić information content (AvgIpc) is 2.04. The number of methoxy groups -OCH3 is 3. The first-order valence-corrected chi connectivity index (χ1v) is 4.46. The molecule has 76 valence electrons. The normalized spacial score (nSPS) is 14.0. The molecule has 2 N–H and O–H groups in total. The van der Waals surface area contributed by atoms with Gasteiger partial charge in [-0.15, -0.1) is 0 Å². The second-order valence-electron chi connectivity index (χ2n) is 2.52. The molecule has 0 aromatic carbocycles. The molecule has 0 amide bonds. The van der Waals surface area contributed by atoms with E-state index in [0.29, 0.717) is 6.42 Å². The second-order valence-corrected chi connectivity index (χ2v) is 4.04. The number of hydrogen-bond donors (Lipinski definition) is 1. The maximum Gasteiger partial charge on any atom is 0.144 e. The third-order valence-electron chi connectivity index (χ3n) is 1.74. The van der Waals surface area contributed by atoms with Gasteiger partial charge in [-0.05, 0) is 11.0 Å². The predicted octanol–water partition coefficient (Wildman–Crippen LogP) is -2.83. The van der Waals surface area contributed by atoms with E-state index in [2.05, 4.69) is 0 Å². The largest absolute Gasteiger partial charge is 0.367 e. The zero-order valence-electron chi connectivity index (χ0n) is 7.59.